The van der Waals surface area contributed by atoms with E-state index < -0.39 is 0 Å². The summed E-state index contributed by atoms with van der Waals surface area (Å²) in [6.45, 7) is 4.63. The number of nitrogens with zero attached hydrogens (tertiary/aromatic N) is 4. The first kappa shape index (κ1) is 30.7. The van der Waals surface area contributed by atoms with Crippen LogP contribution in [0.3, 0.4) is 0 Å². The predicted molar refractivity (Wildman–Crippen MR) is 231 cm³/mol. The van der Waals surface area contributed by atoms with Crippen molar-refractivity contribution in [1.82, 2.24) is 19.5 Å². The van der Waals surface area contributed by atoms with E-state index in [0.29, 0.717) is 5.82 Å². The molecule has 0 fully saturated rings. The molecule has 0 aliphatic heterocycles. The number of pyridine rings is 1. The molecular weight excluding hydrogens is 689 g/mol. The minimum Gasteiger partial charge on any atom is -0.309 e. The molecule has 0 spiro atoms. The smallest absolute Gasteiger partial charge is 0.160 e. The molecular formula is C50H32N4S. The Morgan fingerprint density at radius 2 is 1.27 bits per heavy atom. The second-order valence-corrected chi connectivity index (χ2v) is 16.2. The van der Waals surface area contributed by atoms with Crippen LogP contribution in [0.5, 0.6) is 0 Å². The Balaban J connectivity index is 1.05. The van der Waals surface area contributed by atoms with Gasteiger partial charge in [-0.25, -0.2) is 9.97 Å². The highest BCUT2D eigenvalue weighted by molar-refractivity contribution is 7.27. The number of benzene rings is 7. The van der Waals surface area contributed by atoms with Gasteiger partial charge in [0.15, 0.2) is 5.82 Å². The van der Waals surface area contributed by atoms with Crippen molar-refractivity contribution in [2.24, 2.45) is 0 Å². The highest BCUT2D eigenvalue weighted by atomic mass is 32.1. The standard InChI is InChI=1S/C50H32N4S/c1-50(2)38-17-8-5-12-32(38)33-26-23-30(28-39(33)50)45-46-40(18-11-27-51-46)52-49(53-45)29-21-24-31(25-22-29)54-41-19-9-6-15-36(41)43-34-13-3-4-14-35(34)48-44(47(43)54)37-16-7-10-20-42(37)55-48/h3-28H,1-2H3. The molecule has 0 radical (unpaired) electrons. The van der Waals surface area contributed by atoms with Crippen molar-refractivity contribution in [3.8, 4) is 39.5 Å². The minimum absolute atomic E-state index is 0.114. The van der Waals surface area contributed by atoms with Gasteiger partial charge in [-0.1, -0.05) is 111 Å². The molecule has 1 aliphatic rings. The van der Waals surface area contributed by atoms with Crippen LogP contribution in [0.1, 0.15) is 25.0 Å². The topological polar surface area (TPSA) is 43.6 Å². The molecule has 5 heteroatoms. The van der Waals surface area contributed by atoms with E-state index in [0.717, 1.165) is 33.5 Å². The van der Waals surface area contributed by atoms with Crippen molar-refractivity contribution in [2.45, 2.75) is 19.3 Å². The summed E-state index contributed by atoms with van der Waals surface area (Å²) < 4.78 is 5.09. The highest BCUT2D eigenvalue weighted by Crippen LogP contribution is 2.50. The molecule has 0 unspecified atom stereocenters. The Labute approximate surface area is 321 Å². The van der Waals surface area contributed by atoms with E-state index in [4.69, 9.17) is 15.0 Å². The zero-order chi connectivity index (χ0) is 36.4. The van der Waals surface area contributed by atoms with Crippen molar-refractivity contribution in [2.75, 3.05) is 0 Å². The van der Waals surface area contributed by atoms with Gasteiger partial charge in [-0.2, -0.15) is 0 Å². The first-order chi connectivity index (χ1) is 27.0. The van der Waals surface area contributed by atoms with E-state index in [2.05, 4.69) is 158 Å². The first-order valence-electron chi connectivity index (χ1n) is 18.8. The van der Waals surface area contributed by atoms with E-state index in [1.165, 1.54) is 75.0 Å². The summed E-state index contributed by atoms with van der Waals surface area (Å²) in [4.78, 5) is 15.2. The lowest BCUT2D eigenvalue weighted by atomic mass is 9.82. The molecule has 0 N–H and O–H groups in total. The normalized spacial score (nSPS) is 13.4. The van der Waals surface area contributed by atoms with Crippen molar-refractivity contribution in [1.29, 1.82) is 0 Å². The monoisotopic (exact) mass is 720 g/mol. The number of rotatable bonds is 3. The molecule has 0 saturated carbocycles. The van der Waals surface area contributed by atoms with Crippen molar-refractivity contribution in [3.63, 3.8) is 0 Å². The lowest BCUT2D eigenvalue weighted by Crippen LogP contribution is -2.15. The second-order valence-electron chi connectivity index (χ2n) is 15.2. The van der Waals surface area contributed by atoms with Crippen LogP contribution in [-0.4, -0.2) is 19.5 Å². The molecule has 4 aromatic heterocycles. The van der Waals surface area contributed by atoms with E-state index in [1.807, 2.05) is 29.7 Å². The van der Waals surface area contributed by atoms with Crippen LogP contribution in [0.4, 0.5) is 0 Å². The lowest BCUT2D eigenvalue weighted by Gasteiger charge is -2.22. The molecule has 7 aromatic carbocycles. The maximum absolute atomic E-state index is 5.28. The molecule has 0 amide bonds. The SMILES string of the molecule is CC1(C)c2ccccc2-c2ccc(-c3nc(-c4ccc(-n5c6ccccc6c6c7ccccc7c7sc8ccccc8c7c65)cc4)nc4cccnc34)cc21. The van der Waals surface area contributed by atoms with Crippen LogP contribution in [0.25, 0.3) is 103 Å². The average molecular weight is 721 g/mol. The van der Waals surface area contributed by atoms with Crippen LogP contribution >= 0.6 is 11.3 Å². The molecule has 55 heavy (non-hydrogen) atoms. The van der Waals surface area contributed by atoms with Gasteiger partial charge in [0.05, 0.1) is 16.6 Å². The van der Waals surface area contributed by atoms with E-state index >= 15 is 0 Å². The summed E-state index contributed by atoms with van der Waals surface area (Å²) in [7, 11) is 0. The maximum Gasteiger partial charge on any atom is 0.160 e. The number of hydrogen-bond acceptors (Lipinski definition) is 4. The third-order valence-electron chi connectivity index (χ3n) is 11.8. The summed E-state index contributed by atoms with van der Waals surface area (Å²) in [5, 5.41) is 7.74. The Hall–Kier alpha value is -6.69. The first-order valence-corrected chi connectivity index (χ1v) is 19.6. The fourth-order valence-electron chi connectivity index (χ4n) is 9.30. The molecule has 0 bridgehead atoms. The Bertz CT molecular complexity index is 3410. The summed E-state index contributed by atoms with van der Waals surface area (Å²) >= 11 is 1.89. The molecule has 258 valence electrons. The third-order valence-corrected chi connectivity index (χ3v) is 13.0. The number of para-hydroxylation sites is 1. The fourth-order valence-corrected chi connectivity index (χ4v) is 10.5. The van der Waals surface area contributed by atoms with Crippen molar-refractivity contribution >= 4 is 75.1 Å². The van der Waals surface area contributed by atoms with E-state index in [-0.39, 0.29) is 5.41 Å². The quantitative estimate of drug-likeness (QED) is 0.182. The number of fused-ring (bicyclic) bond motifs is 14. The molecule has 4 nitrogen and oxygen atoms in total. The van der Waals surface area contributed by atoms with Gasteiger partial charge in [-0.3, -0.25) is 4.98 Å². The largest absolute Gasteiger partial charge is 0.309 e. The minimum atomic E-state index is -0.114. The molecule has 12 rings (SSSR count). The van der Waals surface area contributed by atoms with Crippen LogP contribution in [-0.2, 0) is 5.41 Å². The highest BCUT2D eigenvalue weighted by Gasteiger charge is 2.35. The van der Waals surface area contributed by atoms with Gasteiger partial charge >= 0.3 is 0 Å². The van der Waals surface area contributed by atoms with Gasteiger partial charge in [0, 0.05) is 64.8 Å². The van der Waals surface area contributed by atoms with Crippen LogP contribution in [0, 0.1) is 0 Å². The van der Waals surface area contributed by atoms with Crippen molar-refractivity contribution < 1.29 is 0 Å². The molecule has 0 atom stereocenters. The van der Waals surface area contributed by atoms with Crippen molar-refractivity contribution in [3.05, 3.63) is 169 Å². The summed E-state index contributed by atoms with van der Waals surface area (Å²) in [5.41, 5.74) is 13.2. The Morgan fingerprint density at radius 1 is 0.564 bits per heavy atom. The predicted octanol–water partition coefficient (Wildman–Crippen LogP) is 13.3. The van der Waals surface area contributed by atoms with Gasteiger partial charge in [0.1, 0.15) is 11.2 Å². The molecule has 1 aliphatic carbocycles. The molecule has 4 heterocycles. The van der Waals surface area contributed by atoms with Crippen LogP contribution in [0.15, 0.2) is 158 Å². The summed E-state index contributed by atoms with van der Waals surface area (Å²) in [6.07, 6.45) is 1.83. The third kappa shape index (κ3) is 4.24. The number of hydrogen-bond donors (Lipinski definition) is 0. The van der Waals surface area contributed by atoms with Crippen LogP contribution < -0.4 is 0 Å². The molecule has 0 saturated heterocycles. The van der Waals surface area contributed by atoms with Gasteiger partial charge in [-0.15, -0.1) is 11.3 Å². The fraction of sp³-hybridized carbons (Fsp3) is 0.0600. The number of thiophene rings is 1. The summed E-state index contributed by atoms with van der Waals surface area (Å²) in [6, 6.07) is 54.9. The van der Waals surface area contributed by atoms with Gasteiger partial charge in [0.25, 0.3) is 0 Å². The summed E-state index contributed by atoms with van der Waals surface area (Å²) in [5.74, 6) is 0.685. The maximum atomic E-state index is 5.28. The lowest BCUT2D eigenvalue weighted by molar-refractivity contribution is 0.660. The Kier molecular flexibility index (Phi) is 6.24. The van der Waals surface area contributed by atoms with E-state index in [1.54, 1.807) is 0 Å². The zero-order valence-corrected chi connectivity index (χ0v) is 31.0. The average Bonchev–Trinajstić information content (AvgIpc) is 3.87. The van der Waals surface area contributed by atoms with Gasteiger partial charge in [-0.05, 0) is 82.2 Å². The van der Waals surface area contributed by atoms with Crippen LogP contribution in [0.2, 0.25) is 0 Å². The van der Waals surface area contributed by atoms with Gasteiger partial charge in [0.2, 0.25) is 0 Å². The second kappa shape index (κ2) is 11.2. The molecule has 11 aromatic rings. The number of aromatic nitrogens is 4. The van der Waals surface area contributed by atoms with Gasteiger partial charge < -0.3 is 4.57 Å². The Morgan fingerprint density at radius 3 is 2.15 bits per heavy atom. The van der Waals surface area contributed by atoms with E-state index in [9.17, 15) is 0 Å². The zero-order valence-electron chi connectivity index (χ0n) is 30.2.